The second-order valence-corrected chi connectivity index (χ2v) is 3.71. The van der Waals surface area contributed by atoms with Crippen LogP contribution in [0.5, 0.6) is 5.75 Å². The van der Waals surface area contributed by atoms with Gasteiger partial charge in [0.2, 0.25) is 0 Å². The molecule has 0 fully saturated rings. The molecule has 0 aliphatic rings. The van der Waals surface area contributed by atoms with Gasteiger partial charge < -0.3 is 4.74 Å². The van der Waals surface area contributed by atoms with E-state index in [2.05, 4.69) is 0 Å². The van der Waals surface area contributed by atoms with Crippen molar-refractivity contribution in [3.63, 3.8) is 0 Å². The lowest BCUT2D eigenvalue weighted by molar-refractivity contribution is -0.136. The van der Waals surface area contributed by atoms with Gasteiger partial charge >= 0.3 is 6.18 Å². The summed E-state index contributed by atoms with van der Waals surface area (Å²) < 4.78 is 40.8. The summed E-state index contributed by atoms with van der Waals surface area (Å²) in [5, 5.41) is 0. The van der Waals surface area contributed by atoms with E-state index in [1.54, 1.807) is 25.1 Å². The molecule has 0 atom stereocenters. The quantitative estimate of drug-likeness (QED) is 0.586. The lowest BCUT2D eigenvalue weighted by Gasteiger charge is -2.10. The van der Waals surface area contributed by atoms with Crippen molar-refractivity contribution < 1.29 is 22.7 Å². The van der Waals surface area contributed by atoms with E-state index in [-0.39, 0.29) is 13.0 Å². The summed E-state index contributed by atoms with van der Waals surface area (Å²) in [7, 11) is 0. The van der Waals surface area contributed by atoms with Gasteiger partial charge in [-0.3, -0.25) is 4.79 Å². The van der Waals surface area contributed by atoms with E-state index in [9.17, 15) is 18.0 Å². The van der Waals surface area contributed by atoms with Crippen LogP contribution in [-0.2, 0) is 0 Å². The van der Waals surface area contributed by atoms with E-state index in [0.717, 1.165) is 5.56 Å². The van der Waals surface area contributed by atoms with Gasteiger partial charge in [0.25, 0.3) is 0 Å². The highest BCUT2D eigenvalue weighted by Gasteiger charge is 2.26. The SMILES string of the molecule is Cc1cc(C=O)ccc1OCCCC(F)(F)F. The Morgan fingerprint density at radius 1 is 1.35 bits per heavy atom. The van der Waals surface area contributed by atoms with Crippen LogP contribution < -0.4 is 4.74 Å². The molecule has 0 aromatic heterocycles. The summed E-state index contributed by atoms with van der Waals surface area (Å²) in [6, 6.07) is 4.79. The highest BCUT2D eigenvalue weighted by Crippen LogP contribution is 2.22. The van der Waals surface area contributed by atoms with Crippen molar-refractivity contribution in [2.45, 2.75) is 25.9 Å². The van der Waals surface area contributed by atoms with Crippen LogP contribution in [0.1, 0.15) is 28.8 Å². The van der Waals surface area contributed by atoms with Crippen molar-refractivity contribution in [1.29, 1.82) is 0 Å². The Kier molecular flexibility index (Phi) is 4.54. The van der Waals surface area contributed by atoms with Crippen LogP contribution in [0.25, 0.3) is 0 Å². The van der Waals surface area contributed by atoms with Crippen molar-refractivity contribution in [3.8, 4) is 5.75 Å². The highest BCUT2D eigenvalue weighted by molar-refractivity contribution is 5.75. The summed E-state index contributed by atoms with van der Waals surface area (Å²) in [5.41, 5.74) is 1.26. The van der Waals surface area contributed by atoms with Crippen LogP contribution in [-0.4, -0.2) is 19.1 Å². The lowest BCUT2D eigenvalue weighted by atomic mass is 10.1. The largest absolute Gasteiger partial charge is 0.493 e. The Bertz CT molecular complexity index is 386. The second-order valence-electron chi connectivity index (χ2n) is 3.71. The minimum Gasteiger partial charge on any atom is -0.493 e. The molecular formula is C12H13F3O2. The van der Waals surface area contributed by atoms with Gasteiger partial charge in [0.1, 0.15) is 12.0 Å². The van der Waals surface area contributed by atoms with E-state index < -0.39 is 12.6 Å². The molecule has 0 radical (unpaired) electrons. The monoisotopic (exact) mass is 246 g/mol. The fourth-order valence-electron chi connectivity index (χ4n) is 1.36. The van der Waals surface area contributed by atoms with E-state index in [1.165, 1.54) is 0 Å². The molecule has 0 heterocycles. The lowest BCUT2D eigenvalue weighted by Crippen LogP contribution is -2.10. The molecule has 0 aliphatic heterocycles. The number of aryl methyl sites for hydroxylation is 1. The number of carbonyl (C=O) groups excluding carboxylic acids is 1. The first kappa shape index (κ1) is 13.5. The predicted octanol–water partition coefficient (Wildman–Crippen LogP) is 3.53. The number of rotatable bonds is 5. The summed E-state index contributed by atoms with van der Waals surface area (Å²) in [6.45, 7) is 1.76. The van der Waals surface area contributed by atoms with Crippen molar-refractivity contribution in [2.75, 3.05) is 6.61 Å². The molecule has 0 N–H and O–H groups in total. The Labute approximate surface area is 97.4 Å². The van der Waals surface area contributed by atoms with Crippen LogP contribution in [0, 0.1) is 6.92 Å². The van der Waals surface area contributed by atoms with Gasteiger partial charge in [0.15, 0.2) is 0 Å². The van der Waals surface area contributed by atoms with Gasteiger partial charge in [-0.05, 0) is 37.1 Å². The average molecular weight is 246 g/mol. The molecule has 2 nitrogen and oxygen atoms in total. The number of carbonyl (C=O) groups is 1. The number of ether oxygens (including phenoxy) is 1. The summed E-state index contributed by atoms with van der Waals surface area (Å²) in [6.07, 6.45) is -4.35. The maximum absolute atomic E-state index is 11.9. The average Bonchev–Trinajstić information content (AvgIpc) is 2.24. The van der Waals surface area contributed by atoms with Crippen LogP contribution in [0.4, 0.5) is 13.2 Å². The van der Waals surface area contributed by atoms with Gasteiger partial charge in [0, 0.05) is 12.0 Å². The van der Waals surface area contributed by atoms with E-state index in [1.807, 2.05) is 0 Å². The molecule has 1 rings (SSSR count). The predicted molar refractivity (Wildman–Crippen MR) is 57.4 cm³/mol. The molecule has 0 bridgehead atoms. The van der Waals surface area contributed by atoms with Gasteiger partial charge in [0.05, 0.1) is 6.61 Å². The number of hydrogen-bond donors (Lipinski definition) is 0. The van der Waals surface area contributed by atoms with E-state index in [4.69, 9.17) is 4.74 Å². The normalized spacial score (nSPS) is 11.3. The second kappa shape index (κ2) is 5.70. The van der Waals surface area contributed by atoms with Gasteiger partial charge in [-0.25, -0.2) is 0 Å². The smallest absolute Gasteiger partial charge is 0.389 e. The topological polar surface area (TPSA) is 26.3 Å². The number of alkyl halides is 3. The molecule has 1 aromatic carbocycles. The third kappa shape index (κ3) is 4.89. The molecule has 0 saturated heterocycles. The van der Waals surface area contributed by atoms with Gasteiger partial charge in [-0.2, -0.15) is 13.2 Å². The number of aldehydes is 1. The summed E-state index contributed by atoms with van der Waals surface area (Å²) >= 11 is 0. The van der Waals surface area contributed by atoms with Crippen LogP contribution in [0.2, 0.25) is 0 Å². The summed E-state index contributed by atoms with van der Waals surface area (Å²) in [4.78, 5) is 10.5. The van der Waals surface area contributed by atoms with E-state index in [0.29, 0.717) is 17.6 Å². The van der Waals surface area contributed by atoms with Gasteiger partial charge in [-0.15, -0.1) is 0 Å². The first-order chi connectivity index (χ1) is 7.92. The van der Waals surface area contributed by atoms with E-state index >= 15 is 0 Å². The zero-order chi connectivity index (χ0) is 12.9. The van der Waals surface area contributed by atoms with Crippen molar-refractivity contribution in [1.82, 2.24) is 0 Å². The Balaban J connectivity index is 2.44. The summed E-state index contributed by atoms with van der Waals surface area (Å²) in [5.74, 6) is 0.512. The third-order valence-corrected chi connectivity index (χ3v) is 2.20. The maximum Gasteiger partial charge on any atom is 0.389 e. The van der Waals surface area contributed by atoms with Crippen molar-refractivity contribution >= 4 is 6.29 Å². The van der Waals surface area contributed by atoms with Crippen LogP contribution >= 0.6 is 0 Å². The van der Waals surface area contributed by atoms with Crippen LogP contribution in [0.3, 0.4) is 0 Å². The Morgan fingerprint density at radius 3 is 2.59 bits per heavy atom. The Morgan fingerprint density at radius 2 is 2.06 bits per heavy atom. The number of hydrogen-bond acceptors (Lipinski definition) is 2. The number of halogens is 3. The molecule has 17 heavy (non-hydrogen) atoms. The maximum atomic E-state index is 11.9. The zero-order valence-corrected chi connectivity index (χ0v) is 9.38. The van der Waals surface area contributed by atoms with Gasteiger partial charge in [-0.1, -0.05) is 0 Å². The first-order valence-electron chi connectivity index (χ1n) is 5.18. The molecule has 0 aliphatic carbocycles. The molecule has 5 heteroatoms. The fourth-order valence-corrected chi connectivity index (χ4v) is 1.36. The molecule has 0 amide bonds. The third-order valence-electron chi connectivity index (χ3n) is 2.20. The van der Waals surface area contributed by atoms with Crippen LogP contribution in [0.15, 0.2) is 18.2 Å². The Hall–Kier alpha value is -1.52. The number of benzene rings is 1. The fraction of sp³-hybridized carbons (Fsp3) is 0.417. The highest BCUT2D eigenvalue weighted by atomic mass is 19.4. The molecule has 0 unspecified atom stereocenters. The molecule has 94 valence electrons. The minimum absolute atomic E-state index is 0.0147. The van der Waals surface area contributed by atoms with Crippen molar-refractivity contribution in [2.24, 2.45) is 0 Å². The molecule has 0 spiro atoms. The molecule has 0 saturated carbocycles. The zero-order valence-electron chi connectivity index (χ0n) is 9.38. The first-order valence-corrected chi connectivity index (χ1v) is 5.18. The van der Waals surface area contributed by atoms with Crippen molar-refractivity contribution in [3.05, 3.63) is 29.3 Å². The minimum atomic E-state index is -4.14. The molecular weight excluding hydrogens is 233 g/mol. The standard InChI is InChI=1S/C12H13F3O2/c1-9-7-10(8-16)3-4-11(9)17-6-2-5-12(13,14)15/h3-4,7-8H,2,5-6H2,1H3. The molecule has 1 aromatic rings.